The third-order valence-electron chi connectivity index (χ3n) is 9.63. The maximum Gasteiger partial charge on any atom is 0.338 e. The Bertz CT molecular complexity index is 1490. The van der Waals surface area contributed by atoms with Gasteiger partial charge < -0.3 is 33.9 Å². The van der Waals surface area contributed by atoms with Gasteiger partial charge in [-0.05, 0) is 50.0 Å². The van der Waals surface area contributed by atoms with Crippen molar-refractivity contribution in [1.82, 2.24) is 0 Å². The Morgan fingerprint density at radius 1 is 0.870 bits per heavy atom. The topological polar surface area (TPSA) is 155 Å². The van der Waals surface area contributed by atoms with Gasteiger partial charge in [0.1, 0.15) is 35.4 Å². The van der Waals surface area contributed by atoms with Gasteiger partial charge in [0.25, 0.3) is 0 Å². The fraction of sp³-hybridized carbons (Fsp3) is 0.486. The lowest BCUT2D eigenvalue weighted by molar-refractivity contribution is -0.328. The van der Waals surface area contributed by atoms with Gasteiger partial charge in [-0.2, -0.15) is 0 Å². The van der Waals surface area contributed by atoms with Crippen molar-refractivity contribution in [3.8, 4) is 0 Å². The van der Waals surface area contributed by atoms with E-state index in [4.69, 9.17) is 23.7 Å². The number of esters is 4. The van der Waals surface area contributed by atoms with Crippen LogP contribution in [0.2, 0.25) is 0 Å². The minimum atomic E-state index is -1.99. The van der Waals surface area contributed by atoms with Crippen molar-refractivity contribution >= 4 is 30.0 Å². The summed E-state index contributed by atoms with van der Waals surface area (Å²) in [5.41, 5.74) is -3.96. The molecule has 1 spiro atoms. The van der Waals surface area contributed by atoms with Crippen molar-refractivity contribution < 1.29 is 53.1 Å². The quantitative estimate of drug-likeness (QED) is 0.249. The molecule has 9 atom stereocenters. The molecule has 3 fully saturated rings. The number of fused-ring (bicyclic) bond motifs is 1. The van der Waals surface area contributed by atoms with E-state index in [0.29, 0.717) is 5.56 Å². The smallest absolute Gasteiger partial charge is 0.338 e. The first-order valence-electron chi connectivity index (χ1n) is 15.3. The predicted octanol–water partition coefficient (Wildman–Crippen LogP) is 3.26. The van der Waals surface area contributed by atoms with Crippen LogP contribution in [0.5, 0.6) is 0 Å². The lowest BCUT2D eigenvalue weighted by Crippen LogP contribution is -2.81. The average Bonchev–Trinajstić information content (AvgIpc) is 3.21. The van der Waals surface area contributed by atoms with E-state index >= 15 is 0 Å². The summed E-state index contributed by atoms with van der Waals surface area (Å²) in [6.07, 6.45) is -4.22. The highest BCUT2D eigenvalue weighted by molar-refractivity contribution is 5.89. The second-order valence-electron chi connectivity index (χ2n) is 12.8. The van der Waals surface area contributed by atoms with Crippen LogP contribution in [0.4, 0.5) is 0 Å². The summed E-state index contributed by atoms with van der Waals surface area (Å²) in [4.78, 5) is 52.2. The van der Waals surface area contributed by atoms with Crippen LogP contribution in [0.3, 0.4) is 0 Å². The summed E-state index contributed by atoms with van der Waals surface area (Å²) in [6, 6.07) is 17.1. The Kier molecular flexibility index (Phi) is 9.14. The molecular weight excluding hydrogens is 596 g/mol. The Morgan fingerprint density at radius 2 is 1.48 bits per heavy atom. The van der Waals surface area contributed by atoms with E-state index in [9.17, 15) is 29.4 Å². The monoisotopic (exact) mass is 636 g/mol. The predicted molar refractivity (Wildman–Crippen MR) is 163 cm³/mol. The summed E-state index contributed by atoms with van der Waals surface area (Å²) in [5.74, 6) is -4.58. The third-order valence-corrected chi connectivity index (χ3v) is 9.63. The van der Waals surface area contributed by atoms with Crippen LogP contribution in [0.15, 0.2) is 66.7 Å². The van der Waals surface area contributed by atoms with E-state index in [1.165, 1.54) is 38.1 Å². The number of carbonyl (C=O) groups is 4. The van der Waals surface area contributed by atoms with Crippen molar-refractivity contribution in [1.29, 1.82) is 0 Å². The molecule has 2 aliphatic carbocycles. The lowest BCUT2D eigenvalue weighted by atomic mass is 9.47. The Hall–Kier alpha value is -4.06. The molecule has 2 N–H and O–H groups in total. The minimum absolute atomic E-state index is 0.0672. The van der Waals surface area contributed by atoms with Gasteiger partial charge in [0.2, 0.25) is 0 Å². The molecular formula is C35H40O11. The molecule has 2 bridgehead atoms. The molecule has 246 valence electrons. The molecule has 0 amide bonds. The number of hydrogen-bond donors (Lipinski definition) is 2. The van der Waals surface area contributed by atoms with Gasteiger partial charge in [0.15, 0.2) is 6.10 Å². The van der Waals surface area contributed by atoms with Crippen LogP contribution in [0.1, 0.15) is 57.0 Å². The normalized spacial score (nSPS) is 34.3. The Balaban J connectivity index is 1.71. The van der Waals surface area contributed by atoms with Gasteiger partial charge in [0, 0.05) is 19.9 Å². The van der Waals surface area contributed by atoms with Gasteiger partial charge in [-0.3, -0.25) is 9.59 Å². The zero-order chi connectivity index (χ0) is 33.4. The first kappa shape index (κ1) is 33.3. The van der Waals surface area contributed by atoms with Gasteiger partial charge in [-0.25, -0.2) is 9.59 Å². The van der Waals surface area contributed by atoms with Gasteiger partial charge >= 0.3 is 23.9 Å². The molecule has 11 heteroatoms. The summed E-state index contributed by atoms with van der Waals surface area (Å²) in [5, 5.41) is 23.7. The number of aliphatic hydroxyl groups is 2. The number of ether oxygens (including phenoxy) is 5. The lowest BCUT2D eigenvalue weighted by Gasteiger charge is -2.64. The largest absolute Gasteiger partial charge is 0.459 e. The van der Waals surface area contributed by atoms with Crippen LogP contribution >= 0.6 is 0 Å². The second kappa shape index (κ2) is 12.6. The molecule has 0 radical (unpaired) electrons. The highest BCUT2D eigenvalue weighted by Gasteiger charge is 2.84. The van der Waals surface area contributed by atoms with Crippen LogP contribution in [-0.2, 0) is 38.1 Å². The molecule has 0 aromatic heterocycles. The number of rotatable bonds is 8. The standard InChI is InChI=1S/C35H40O11/c1-20-18-25(42-21(2)37)29(44-26(39)17-16-23-12-8-6-9-13-23)34(19-36)31(45-32(41)24-14-10-7-11-15-24)28(40)27-30(43-22(3)38)35(20,34)46-33(27,4)5/h6-17,20,25,27-31,36,40H,18-19H2,1-5H3/b17-16+/t20-,25+,27-,28+,29+,30-,31-,34+,35-/m1/s1. The molecule has 5 rings (SSSR count). The van der Waals surface area contributed by atoms with Gasteiger partial charge in [0.05, 0.1) is 23.7 Å². The van der Waals surface area contributed by atoms with Crippen molar-refractivity contribution in [2.45, 2.75) is 82.8 Å². The summed E-state index contributed by atoms with van der Waals surface area (Å²) >= 11 is 0. The van der Waals surface area contributed by atoms with E-state index in [0.717, 1.165) is 0 Å². The zero-order valence-corrected chi connectivity index (χ0v) is 26.5. The van der Waals surface area contributed by atoms with Crippen molar-refractivity contribution in [2.75, 3.05) is 6.61 Å². The fourth-order valence-corrected chi connectivity index (χ4v) is 8.03. The summed E-state index contributed by atoms with van der Waals surface area (Å²) < 4.78 is 30.7. The van der Waals surface area contributed by atoms with Gasteiger partial charge in [-0.1, -0.05) is 55.5 Å². The highest BCUT2D eigenvalue weighted by Crippen LogP contribution is 2.68. The molecule has 1 heterocycles. The number of hydrogen-bond acceptors (Lipinski definition) is 11. The van der Waals surface area contributed by atoms with Crippen LogP contribution < -0.4 is 0 Å². The maximum atomic E-state index is 13.6. The first-order chi connectivity index (χ1) is 21.8. The average molecular weight is 637 g/mol. The van der Waals surface area contributed by atoms with Crippen LogP contribution in [0, 0.1) is 17.3 Å². The van der Waals surface area contributed by atoms with Crippen molar-refractivity contribution in [3.63, 3.8) is 0 Å². The van der Waals surface area contributed by atoms with Gasteiger partial charge in [-0.15, -0.1) is 0 Å². The molecule has 2 aromatic carbocycles. The molecule has 46 heavy (non-hydrogen) atoms. The van der Waals surface area contributed by atoms with E-state index < -0.39 is 89.5 Å². The SMILES string of the molecule is CC(=O)O[C@H]1C[C@@H](C)[C@]23OC(C)(C)[C@H]([C@H](O)[C@@H](OC(=O)c4ccccc4)[C@]2(CO)[C@H]1OC(=O)/C=C/c1ccccc1)[C@H]3OC(C)=O. The fourth-order valence-electron chi connectivity index (χ4n) is 8.03. The maximum absolute atomic E-state index is 13.6. The van der Waals surface area contributed by atoms with Crippen molar-refractivity contribution in [3.05, 3.63) is 77.9 Å². The zero-order valence-electron chi connectivity index (χ0n) is 26.5. The molecule has 1 saturated heterocycles. The van der Waals surface area contributed by atoms with E-state index in [1.807, 2.05) is 6.07 Å². The third kappa shape index (κ3) is 5.50. The first-order valence-corrected chi connectivity index (χ1v) is 15.3. The van der Waals surface area contributed by atoms with Crippen LogP contribution in [-0.4, -0.2) is 82.4 Å². The molecule has 1 aliphatic heterocycles. The number of aliphatic hydroxyl groups excluding tert-OH is 2. The molecule has 11 nitrogen and oxygen atoms in total. The number of carbonyl (C=O) groups excluding carboxylic acids is 4. The highest BCUT2D eigenvalue weighted by atomic mass is 16.6. The Labute approximate surface area is 267 Å². The Morgan fingerprint density at radius 3 is 2.07 bits per heavy atom. The second-order valence-corrected chi connectivity index (χ2v) is 12.8. The van der Waals surface area contributed by atoms with E-state index in [2.05, 4.69) is 0 Å². The van der Waals surface area contributed by atoms with Crippen LogP contribution in [0.25, 0.3) is 6.08 Å². The molecule has 2 saturated carbocycles. The van der Waals surface area contributed by atoms with Crippen molar-refractivity contribution in [2.24, 2.45) is 17.3 Å². The summed E-state index contributed by atoms with van der Waals surface area (Å²) in [6.45, 7) is 6.74. The molecule has 0 unspecified atom stereocenters. The molecule has 3 aliphatic rings. The summed E-state index contributed by atoms with van der Waals surface area (Å²) in [7, 11) is 0. The number of benzene rings is 2. The van der Waals surface area contributed by atoms with E-state index in [1.54, 1.807) is 63.2 Å². The molecule has 2 aromatic rings. The minimum Gasteiger partial charge on any atom is -0.459 e. The van der Waals surface area contributed by atoms with E-state index in [-0.39, 0.29) is 12.0 Å².